The van der Waals surface area contributed by atoms with E-state index >= 15 is 0 Å². The first-order valence-electron chi connectivity index (χ1n) is 8.53. The van der Waals surface area contributed by atoms with Crippen molar-refractivity contribution in [1.29, 1.82) is 0 Å². The van der Waals surface area contributed by atoms with Gasteiger partial charge in [0.1, 0.15) is 0 Å². The zero-order chi connectivity index (χ0) is 17.5. The number of para-hydroxylation sites is 1. The lowest BCUT2D eigenvalue weighted by Crippen LogP contribution is -2.39. The van der Waals surface area contributed by atoms with E-state index in [0.717, 1.165) is 17.5 Å². The summed E-state index contributed by atoms with van der Waals surface area (Å²) in [6, 6.07) is 17.4. The first kappa shape index (κ1) is 17.0. The van der Waals surface area contributed by atoms with E-state index in [1.54, 1.807) is 0 Å². The van der Waals surface area contributed by atoms with Crippen LogP contribution in [0.5, 0.6) is 0 Å². The Morgan fingerprint density at radius 3 is 2.64 bits per heavy atom. The molecular weight excluding hydrogens is 314 g/mol. The molecule has 0 saturated heterocycles. The fourth-order valence-electron chi connectivity index (χ4n) is 3.00. The van der Waals surface area contributed by atoms with Crippen LogP contribution in [0.3, 0.4) is 0 Å². The van der Waals surface area contributed by atoms with Crippen LogP contribution in [0.2, 0.25) is 0 Å². The number of urea groups is 1. The highest BCUT2D eigenvalue weighted by molar-refractivity contribution is 5.83. The van der Waals surface area contributed by atoms with E-state index in [0.29, 0.717) is 13.0 Å². The summed E-state index contributed by atoms with van der Waals surface area (Å²) < 4.78 is 0. The Labute approximate surface area is 147 Å². The van der Waals surface area contributed by atoms with Crippen molar-refractivity contribution in [2.75, 3.05) is 13.2 Å². The molecule has 0 aliphatic rings. The van der Waals surface area contributed by atoms with Crippen molar-refractivity contribution in [3.63, 3.8) is 0 Å². The van der Waals surface area contributed by atoms with Crippen molar-refractivity contribution in [2.24, 2.45) is 0 Å². The summed E-state index contributed by atoms with van der Waals surface area (Å²) >= 11 is 0. The van der Waals surface area contributed by atoms with Crippen LogP contribution in [0.4, 0.5) is 4.79 Å². The van der Waals surface area contributed by atoms with Crippen molar-refractivity contribution in [3.8, 4) is 0 Å². The standard InChI is InChI=1S/C20H23N3O2/c24-13-11-18(15-6-2-1-3-7-15)23-20(25)21-12-10-16-14-22-19-9-5-4-8-17(16)19/h1-9,14,18,22,24H,10-13H2,(H2,21,23,25)/t18-/m1/s1. The van der Waals surface area contributed by atoms with Gasteiger partial charge in [-0.2, -0.15) is 0 Å². The number of aliphatic hydroxyl groups excluding tert-OH is 1. The van der Waals surface area contributed by atoms with Gasteiger partial charge in [-0.25, -0.2) is 4.79 Å². The number of nitrogens with one attached hydrogen (secondary N) is 3. The molecule has 0 fully saturated rings. The normalized spacial score (nSPS) is 12.0. The SMILES string of the molecule is O=C(NCCc1c[nH]c2ccccc12)N[C@H](CCO)c1ccccc1. The largest absolute Gasteiger partial charge is 0.396 e. The van der Waals surface area contributed by atoms with Gasteiger partial charge in [-0.3, -0.25) is 0 Å². The number of hydrogen-bond donors (Lipinski definition) is 4. The van der Waals surface area contributed by atoms with Gasteiger partial charge in [0.25, 0.3) is 0 Å². The minimum absolute atomic E-state index is 0.0230. The smallest absolute Gasteiger partial charge is 0.315 e. The van der Waals surface area contributed by atoms with Gasteiger partial charge in [0.05, 0.1) is 6.04 Å². The molecular formula is C20H23N3O2. The molecule has 0 aliphatic heterocycles. The first-order valence-corrected chi connectivity index (χ1v) is 8.53. The zero-order valence-electron chi connectivity index (χ0n) is 14.0. The molecule has 25 heavy (non-hydrogen) atoms. The number of benzene rings is 2. The van der Waals surface area contributed by atoms with E-state index in [1.807, 2.05) is 54.7 Å². The van der Waals surface area contributed by atoms with Crippen molar-refractivity contribution in [3.05, 3.63) is 71.9 Å². The molecule has 1 heterocycles. The summed E-state index contributed by atoms with van der Waals surface area (Å²) in [4.78, 5) is 15.4. The summed E-state index contributed by atoms with van der Waals surface area (Å²) in [5.74, 6) is 0. The van der Waals surface area contributed by atoms with Gasteiger partial charge in [0.15, 0.2) is 0 Å². The van der Waals surface area contributed by atoms with Crippen LogP contribution in [0.25, 0.3) is 10.9 Å². The second-order valence-corrected chi connectivity index (χ2v) is 5.99. The predicted octanol–water partition coefficient (Wildman–Crippen LogP) is 3.13. The molecule has 0 spiro atoms. The second-order valence-electron chi connectivity index (χ2n) is 5.99. The number of H-pyrrole nitrogens is 1. The maximum Gasteiger partial charge on any atom is 0.315 e. The van der Waals surface area contributed by atoms with Crippen LogP contribution in [-0.4, -0.2) is 29.3 Å². The summed E-state index contributed by atoms with van der Waals surface area (Å²) in [5, 5.41) is 16.3. The molecule has 0 bridgehead atoms. The number of hydrogen-bond acceptors (Lipinski definition) is 2. The van der Waals surface area contributed by atoms with Gasteiger partial charge in [-0.05, 0) is 30.0 Å². The molecule has 3 aromatic rings. The molecule has 3 rings (SSSR count). The molecule has 5 heteroatoms. The van der Waals surface area contributed by atoms with E-state index in [1.165, 1.54) is 10.9 Å². The average Bonchev–Trinajstić information content (AvgIpc) is 3.05. The Kier molecular flexibility index (Phi) is 5.69. The quantitative estimate of drug-likeness (QED) is 0.534. The van der Waals surface area contributed by atoms with Crippen LogP contribution < -0.4 is 10.6 Å². The molecule has 0 unspecified atom stereocenters. The number of aliphatic hydroxyl groups is 1. The van der Waals surface area contributed by atoms with Crippen molar-refractivity contribution < 1.29 is 9.90 Å². The molecule has 0 radical (unpaired) electrons. The molecule has 1 aromatic heterocycles. The van der Waals surface area contributed by atoms with Gasteiger partial charge in [0.2, 0.25) is 0 Å². The lowest BCUT2D eigenvalue weighted by atomic mass is 10.0. The maximum atomic E-state index is 12.2. The highest BCUT2D eigenvalue weighted by atomic mass is 16.3. The van der Waals surface area contributed by atoms with Gasteiger partial charge in [-0.1, -0.05) is 48.5 Å². The summed E-state index contributed by atoms with van der Waals surface area (Å²) in [5.41, 5.74) is 3.28. The lowest BCUT2D eigenvalue weighted by Gasteiger charge is -2.18. The van der Waals surface area contributed by atoms with E-state index in [-0.39, 0.29) is 18.7 Å². The molecule has 2 amide bonds. The molecule has 0 aliphatic carbocycles. The number of aromatic nitrogens is 1. The van der Waals surface area contributed by atoms with Crippen LogP contribution in [0.1, 0.15) is 23.6 Å². The topological polar surface area (TPSA) is 77.2 Å². The van der Waals surface area contributed by atoms with E-state index in [9.17, 15) is 9.90 Å². The molecule has 4 N–H and O–H groups in total. The van der Waals surface area contributed by atoms with Gasteiger partial charge >= 0.3 is 6.03 Å². The minimum atomic E-state index is -0.220. The van der Waals surface area contributed by atoms with E-state index in [2.05, 4.69) is 21.7 Å². The monoisotopic (exact) mass is 337 g/mol. The number of carbonyl (C=O) groups excluding carboxylic acids is 1. The Hall–Kier alpha value is -2.79. The Morgan fingerprint density at radius 2 is 1.84 bits per heavy atom. The van der Waals surface area contributed by atoms with Crippen LogP contribution in [0.15, 0.2) is 60.8 Å². The fraction of sp³-hybridized carbons (Fsp3) is 0.250. The van der Waals surface area contributed by atoms with Crippen molar-refractivity contribution in [2.45, 2.75) is 18.9 Å². The van der Waals surface area contributed by atoms with Crippen LogP contribution in [0, 0.1) is 0 Å². The predicted molar refractivity (Wildman–Crippen MR) is 99.4 cm³/mol. The molecule has 5 nitrogen and oxygen atoms in total. The van der Waals surface area contributed by atoms with Crippen molar-refractivity contribution >= 4 is 16.9 Å². The number of amides is 2. The molecule has 130 valence electrons. The third-order valence-corrected chi connectivity index (χ3v) is 4.28. The summed E-state index contributed by atoms with van der Waals surface area (Å²) in [6.45, 7) is 0.573. The third-order valence-electron chi connectivity index (χ3n) is 4.28. The molecule has 1 atom stereocenters. The number of rotatable bonds is 7. The van der Waals surface area contributed by atoms with Gasteiger partial charge in [-0.15, -0.1) is 0 Å². The second kappa shape index (κ2) is 8.35. The Morgan fingerprint density at radius 1 is 1.08 bits per heavy atom. The number of fused-ring (bicyclic) bond motifs is 1. The summed E-state index contributed by atoms with van der Waals surface area (Å²) in [7, 11) is 0. The first-order chi connectivity index (χ1) is 12.3. The Bertz CT molecular complexity index is 814. The van der Waals surface area contributed by atoms with E-state index < -0.39 is 0 Å². The maximum absolute atomic E-state index is 12.2. The minimum Gasteiger partial charge on any atom is -0.396 e. The average molecular weight is 337 g/mol. The highest BCUT2D eigenvalue weighted by Gasteiger charge is 2.13. The Balaban J connectivity index is 1.53. The highest BCUT2D eigenvalue weighted by Crippen LogP contribution is 2.18. The number of aromatic amines is 1. The van der Waals surface area contributed by atoms with Gasteiger partial charge < -0.3 is 20.7 Å². The number of carbonyl (C=O) groups is 1. The van der Waals surface area contributed by atoms with Gasteiger partial charge in [0, 0.05) is 30.3 Å². The fourth-order valence-corrected chi connectivity index (χ4v) is 3.00. The third kappa shape index (κ3) is 4.39. The summed E-state index contributed by atoms with van der Waals surface area (Å²) in [6.07, 6.45) is 3.23. The van der Waals surface area contributed by atoms with Crippen LogP contribution in [-0.2, 0) is 6.42 Å². The van der Waals surface area contributed by atoms with Crippen molar-refractivity contribution in [1.82, 2.24) is 15.6 Å². The molecule has 2 aromatic carbocycles. The zero-order valence-corrected chi connectivity index (χ0v) is 14.0. The molecule has 0 saturated carbocycles. The lowest BCUT2D eigenvalue weighted by molar-refractivity contribution is 0.229. The van der Waals surface area contributed by atoms with E-state index in [4.69, 9.17) is 0 Å². The van der Waals surface area contributed by atoms with Crippen LogP contribution >= 0.6 is 0 Å².